The first-order chi connectivity index (χ1) is 10.9. The van der Waals surface area contributed by atoms with Crippen molar-refractivity contribution in [1.82, 2.24) is 24.5 Å². The summed E-state index contributed by atoms with van der Waals surface area (Å²) in [7, 11) is -3.16. The minimum absolute atomic E-state index is 0.0819. The second-order valence-corrected chi connectivity index (χ2v) is 8.08. The number of aromatic amines is 1. The van der Waals surface area contributed by atoms with Crippen LogP contribution in [0.3, 0.4) is 0 Å². The summed E-state index contributed by atoms with van der Waals surface area (Å²) in [6.07, 6.45) is 6.49. The van der Waals surface area contributed by atoms with Crippen molar-refractivity contribution < 1.29 is 8.42 Å². The summed E-state index contributed by atoms with van der Waals surface area (Å²) in [5, 5.41) is 7.15. The van der Waals surface area contributed by atoms with Gasteiger partial charge in [-0.15, -0.1) is 0 Å². The van der Waals surface area contributed by atoms with E-state index in [-0.39, 0.29) is 5.92 Å². The zero-order valence-electron chi connectivity index (χ0n) is 13.6. The molecule has 0 spiro atoms. The van der Waals surface area contributed by atoms with Gasteiger partial charge in [-0.25, -0.2) is 17.7 Å². The summed E-state index contributed by atoms with van der Waals surface area (Å²) in [6, 6.07) is 0. The van der Waals surface area contributed by atoms with Crippen LogP contribution in [0.25, 0.3) is 11.3 Å². The Hall–Kier alpha value is -1.80. The maximum atomic E-state index is 11.8. The number of aromatic nitrogens is 4. The van der Waals surface area contributed by atoms with E-state index in [0.717, 1.165) is 41.2 Å². The average molecular weight is 335 g/mol. The Morgan fingerprint density at radius 3 is 2.74 bits per heavy atom. The fourth-order valence-electron chi connectivity index (χ4n) is 3.11. The Balaban J connectivity index is 1.91. The molecule has 1 fully saturated rings. The lowest BCUT2D eigenvalue weighted by molar-refractivity contribution is 0.314. The number of H-pyrrole nitrogens is 1. The second-order valence-electron chi connectivity index (χ2n) is 6.10. The van der Waals surface area contributed by atoms with Gasteiger partial charge in [0.2, 0.25) is 10.0 Å². The third-order valence-corrected chi connectivity index (χ3v) is 5.58. The molecule has 1 N–H and O–H groups in total. The highest BCUT2D eigenvalue weighted by Gasteiger charge is 2.28. The molecule has 2 aromatic heterocycles. The first-order valence-corrected chi connectivity index (χ1v) is 9.50. The maximum absolute atomic E-state index is 11.8. The van der Waals surface area contributed by atoms with Crippen molar-refractivity contribution in [2.75, 3.05) is 19.3 Å². The van der Waals surface area contributed by atoms with Gasteiger partial charge in [-0.05, 0) is 26.7 Å². The molecule has 1 atom stereocenters. The van der Waals surface area contributed by atoms with Gasteiger partial charge < -0.3 is 0 Å². The van der Waals surface area contributed by atoms with Crippen LogP contribution in [0.2, 0.25) is 0 Å². The van der Waals surface area contributed by atoms with Crippen LogP contribution in [0.5, 0.6) is 0 Å². The number of sulfonamides is 1. The van der Waals surface area contributed by atoms with Crippen LogP contribution in [0.4, 0.5) is 0 Å². The molecule has 1 aliphatic heterocycles. The van der Waals surface area contributed by atoms with Crippen LogP contribution in [-0.4, -0.2) is 52.2 Å². The second kappa shape index (κ2) is 6.01. The standard InChI is InChI=1S/C15H21N5O2S/c1-10-15(11(2)19-18-10)14-8-16-7-13(17-14)12-5-4-6-20(9-12)23(3,21)22/h7-8,12H,4-6,9H2,1-3H3,(H,18,19)/t12-/m0/s1. The van der Waals surface area contributed by atoms with Crippen molar-refractivity contribution in [3.63, 3.8) is 0 Å². The molecule has 0 saturated carbocycles. The minimum Gasteiger partial charge on any atom is -0.282 e. The molecule has 0 unspecified atom stereocenters. The number of hydrogen-bond acceptors (Lipinski definition) is 5. The van der Waals surface area contributed by atoms with Gasteiger partial charge in [0, 0.05) is 36.5 Å². The van der Waals surface area contributed by atoms with E-state index in [1.54, 1.807) is 12.4 Å². The lowest BCUT2D eigenvalue weighted by Crippen LogP contribution is -2.38. The van der Waals surface area contributed by atoms with E-state index in [2.05, 4.69) is 15.2 Å². The van der Waals surface area contributed by atoms with Crippen LogP contribution in [-0.2, 0) is 10.0 Å². The number of piperidine rings is 1. The van der Waals surface area contributed by atoms with Gasteiger partial charge in [-0.1, -0.05) is 0 Å². The zero-order valence-corrected chi connectivity index (χ0v) is 14.4. The Morgan fingerprint density at radius 1 is 1.30 bits per heavy atom. The number of nitrogens with one attached hydrogen (secondary N) is 1. The molecule has 0 aromatic carbocycles. The highest BCUT2D eigenvalue weighted by Crippen LogP contribution is 2.29. The Morgan fingerprint density at radius 2 is 2.09 bits per heavy atom. The van der Waals surface area contributed by atoms with Crippen LogP contribution < -0.4 is 0 Å². The van der Waals surface area contributed by atoms with E-state index in [1.807, 2.05) is 13.8 Å². The maximum Gasteiger partial charge on any atom is 0.211 e. The normalized spacial score (nSPS) is 19.9. The summed E-state index contributed by atoms with van der Waals surface area (Å²) in [4.78, 5) is 9.05. The van der Waals surface area contributed by atoms with E-state index >= 15 is 0 Å². The van der Waals surface area contributed by atoms with E-state index in [0.29, 0.717) is 13.1 Å². The minimum atomic E-state index is -3.16. The predicted octanol–water partition coefficient (Wildman–Crippen LogP) is 1.62. The monoisotopic (exact) mass is 335 g/mol. The van der Waals surface area contributed by atoms with Crippen LogP contribution in [0.15, 0.2) is 12.4 Å². The van der Waals surface area contributed by atoms with Gasteiger partial charge in [-0.3, -0.25) is 10.1 Å². The topological polar surface area (TPSA) is 91.8 Å². The number of nitrogens with zero attached hydrogens (tertiary/aromatic N) is 4. The molecule has 0 amide bonds. The lowest BCUT2D eigenvalue weighted by Gasteiger charge is -2.30. The molecule has 0 radical (unpaired) electrons. The van der Waals surface area contributed by atoms with Gasteiger partial charge in [0.15, 0.2) is 0 Å². The summed E-state index contributed by atoms with van der Waals surface area (Å²) >= 11 is 0. The molecule has 1 saturated heterocycles. The largest absolute Gasteiger partial charge is 0.282 e. The Kier molecular flexibility index (Phi) is 4.20. The zero-order chi connectivity index (χ0) is 16.6. The Bertz CT molecular complexity index is 796. The van der Waals surface area contributed by atoms with Gasteiger partial charge in [0.1, 0.15) is 0 Å². The van der Waals surface area contributed by atoms with Crippen molar-refractivity contribution in [1.29, 1.82) is 0 Å². The molecule has 1 aliphatic rings. The highest BCUT2D eigenvalue weighted by atomic mass is 32.2. The molecular formula is C15H21N5O2S. The van der Waals surface area contributed by atoms with E-state index in [9.17, 15) is 8.42 Å². The summed E-state index contributed by atoms with van der Waals surface area (Å²) in [6.45, 7) is 4.94. The first kappa shape index (κ1) is 16.1. The average Bonchev–Trinajstić information content (AvgIpc) is 2.86. The SMILES string of the molecule is Cc1n[nH]c(C)c1-c1cncc([C@H]2CCCN(S(C)(=O)=O)C2)n1. The highest BCUT2D eigenvalue weighted by molar-refractivity contribution is 7.88. The third kappa shape index (κ3) is 3.28. The van der Waals surface area contributed by atoms with Gasteiger partial charge in [-0.2, -0.15) is 5.10 Å². The number of aryl methyl sites for hydroxylation is 2. The van der Waals surface area contributed by atoms with E-state index < -0.39 is 10.0 Å². The molecule has 7 nitrogen and oxygen atoms in total. The number of hydrogen-bond donors (Lipinski definition) is 1. The number of rotatable bonds is 3. The van der Waals surface area contributed by atoms with Crippen molar-refractivity contribution in [3.8, 4) is 11.3 Å². The molecule has 3 heterocycles. The van der Waals surface area contributed by atoms with E-state index in [4.69, 9.17) is 4.98 Å². The molecule has 8 heteroatoms. The molecule has 2 aromatic rings. The molecule has 0 bridgehead atoms. The van der Waals surface area contributed by atoms with Crippen molar-refractivity contribution >= 4 is 10.0 Å². The molecule has 0 aliphatic carbocycles. The van der Waals surface area contributed by atoms with Crippen LogP contribution in [0.1, 0.15) is 35.8 Å². The van der Waals surface area contributed by atoms with Crippen molar-refractivity contribution in [2.24, 2.45) is 0 Å². The van der Waals surface area contributed by atoms with Crippen LogP contribution >= 0.6 is 0 Å². The molecule has 124 valence electrons. The fraction of sp³-hybridized carbons (Fsp3) is 0.533. The first-order valence-electron chi connectivity index (χ1n) is 7.65. The quantitative estimate of drug-likeness (QED) is 0.920. The fourth-order valence-corrected chi connectivity index (χ4v) is 4.02. The summed E-state index contributed by atoms with van der Waals surface area (Å²) < 4.78 is 25.1. The molecular weight excluding hydrogens is 314 g/mol. The van der Waals surface area contributed by atoms with Gasteiger partial charge in [0.25, 0.3) is 0 Å². The van der Waals surface area contributed by atoms with E-state index in [1.165, 1.54) is 10.6 Å². The van der Waals surface area contributed by atoms with Crippen molar-refractivity contribution in [3.05, 3.63) is 29.5 Å². The molecule has 3 rings (SSSR count). The van der Waals surface area contributed by atoms with Crippen molar-refractivity contribution in [2.45, 2.75) is 32.6 Å². The van der Waals surface area contributed by atoms with Gasteiger partial charge in [0.05, 0.1) is 29.5 Å². The Labute approximate surface area is 136 Å². The van der Waals surface area contributed by atoms with Gasteiger partial charge >= 0.3 is 0 Å². The predicted molar refractivity (Wildman–Crippen MR) is 87.5 cm³/mol. The molecule has 23 heavy (non-hydrogen) atoms. The lowest BCUT2D eigenvalue weighted by atomic mass is 9.96. The third-order valence-electron chi connectivity index (χ3n) is 4.31. The summed E-state index contributed by atoms with van der Waals surface area (Å²) in [5.41, 5.74) is 4.43. The van der Waals surface area contributed by atoms with Crippen LogP contribution in [0, 0.1) is 13.8 Å². The summed E-state index contributed by atoms with van der Waals surface area (Å²) in [5.74, 6) is 0.0819. The smallest absolute Gasteiger partial charge is 0.211 e.